The molecule has 0 aliphatic rings. The first-order valence-electron chi connectivity index (χ1n) is 6.09. The van der Waals surface area contributed by atoms with Crippen molar-refractivity contribution in [2.24, 2.45) is 0 Å². The second-order valence-electron chi connectivity index (χ2n) is 5.11. The van der Waals surface area contributed by atoms with Crippen LogP contribution in [-0.2, 0) is 0 Å². The van der Waals surface area contributed by atoms with Crippen molar-refractivity contribution < 1.29 is 9.84 Å². The highest BCUT2D eigenvalue weighted by Gasteiger charge is 2.19. The first kappa shape index (κ1) is 13.4. The van der Waals surface area contributed by atoms with Gasteiger partial charge in [0, 0.05) is 17.3 Å². The highest BCUT2D eigenvalue weighted by atomic mass is 16.5. The van der Waals surface area contributed by atoms with Gasteiger partial charge in [0.1, 0.15) is 11.6 Å². The number of fused-ring (bicyclic) bond motifs is 1. The molecule has 0 amide bonds. The molecular weight excluding hydrogens is 242 g/mol. The predicted octanol–water partition coefficient (Wildman–Crippen LogP) is 2.01. The van der Waals surface area contributed by atoms with Gasteiger partial charge in [-0.1, -0.05) is 0 Å². The number of anilines is 2. The molecule has 1 heterocycles. The first-order valence-corrected chi connectivity index (χ1v) is 6.09. The first-order chi connectivity index (χ1) is 8.98. The fourth-order valence-corrected chi connectivity index (χ4v) is 1.93. The summed E-state index contributed by atoms with van der Waals surface area (Å²) in [6.45, 7) is 3.78. The average molecular weight is 261 g/mol. The van der Waals surface area contributed by atoms with Crippen LogP contribution in [0.25, 0.3) is 10.8 Å². The molecule has 2 aromatic rings. The number of aliphatic hydroxyl groups excluding tert-OH is 1. The zero-order chi connectivity index (χ0) is 14.0. The fraction of sp³-hybridized carbons (Fsp3) is 0.357. The van der Waals surface area contributed by atoms with Crippen molar-refractivity contribution in [1.82, 2.24) is 4.98 Å². The molecule has 0 aliphatic carbocycles. The number of aliphatic hydroxyl groups is 1. The maximum Gasteiger partial charge on any atom is 0.136 e. The van der Waals surface area contributed by atoms with Gasteiger partial charge >= 0.3 is 0 Å². The van der Waals surface area contributed by atoms with Crippen LogP contribution in [-0.4, -0.2) is 29.3 Å². The molecule has 5 nitrogen and oxygen atoms in total. The highest BCUT2D eigenvalue weighted by Crippen LogP contribution is 2.34. The summed E-state index contributed by atoms with van der Waals surface area (Å²) in [4.78, 5) is 4.32. The van der Waals surface area contributed by atoms with Crippen LogP contribution >= 0.6 is 0 Å². The quantitative estimate of drug-likeness (QED) is 0.734. The van der Waals surface area contributed by atoms with Crippen LogP contribution in [0.5, 0.6) is 5.75 Å². The van der Waals surface area contributed by atoms with Gasteiger partial charge in [0.2, 0.25) is 0 Å². The minimum Gasteiger partial charge on any atom is -0.496 e. The van der Waals surface area contributed by atoms with Crippen molar-refractivity contribution in [2.75, 3.05) is 24.8 Å². The van der Waals surface area contributed by atoms with E-state index < -0.39 is 5.54 Å². The molecule has 4 N–H and O–H groups in total. The number of hydrogen-bond donors (Lipinski definition) is 3. The highest BCUT2D eigenvalue weighted by molar-refractivity contribution is 6.04. The topological polar surface area (TPSA) is 80.4 Å². The van der Waals surface area contributed by atoms with Gasteiger partial charge in [-0.05, 0) is 32.0 Å². The number of methoxy groups -OCH3 is 1. The Morgan fingerprint density at radius 1 is 1.37 bits per heavy atom. The zero-order valence-electron chi connectivity index (χ0n) is 11.4. The molecule has 1 aromatic heterocycles. The van der Waals surface area contributed by atoms with Gasteiger partial charge in [-0.2, -0.15) is 0 Å². The molecule has 0 bridgehead atoms. The Balaban J connectivity index is 2.63. The Morgan fingerprint density at radius 3 is 2.74 bits per heavy atom. The summed E-state index contributed by atoms with van der Waals surface area (Å²) in [6.07, 6.45) is 1.69. The van der Waals surface area contributed by atoms with Gasteiger partial charge < -0.3 is 20.9 Å². The number of nitrogen functional groups attached to an aromatic ring is 1. The second kappa shape index (κ2) is 4.93. The lowest BCUT2D eigenvalue weighted by atomic mass is 10.1. The zero-order valence-corrected chi connectivity index (χ0v) is 11.4. The average Bonchev–Trinajstić information content (AvgIpc) is 2.39. The Kier molecular flexibility index (Phi) is 3.48. The second-order valence-corrected chi connectivity index (χ2v) is 5.11. The van der Waals surface area contributed by atoms with E-state index in [9.17, 15) is 5.11 Å². The number of nitrogens with two attached hydrogens (primary N) is 1. The van der Waals surface area contributed by atoms with E-state index in [2.05, 4.69) is 10.3 Å². The monoisotopic (exact) mass is 261 g/mol. The van der Waals surface area contributed by atoms with Crippen molar-refractivity contribution in [1.29, 1.82) is 0 Å². The molecule has 19 heavy (non-hydrogen) atoms. The molecule has 0 aliphatic heterocycles. The fourth-order valence-electron chi connectivity index (χ4n) is 1.93. The van der Waals surface area contributed by atoms with E-state index in [0.717, 1.165) is 16.5 Å². The van der Waals surface area contributed by atoms with Crippen LogP contribution in [0.3, 0.4) is 0 Å². The van der Waals surface area contributed by atoms with Crippen molar-refractivity contribution in [3.63, 3.8) is 0 Å². The molecule has 0 saturated heterocycles. The molecule has 5 heteroatoms. The Bertz CT molecular complexity index is 597. The van der Waals surface area contributed by atoms with Crippen LogP contribution in [0.1, 0.15) is 13.8 Å². The Morgan fingerprint density at radius 2 is 2.11 bits per heavy atom. The van der Waals surface area contributed by atoms with E-state index in [0.29, 0.717) is 11.5 Å². The number of nitrogens with zero attached hydrogens (tertiary/aromatic N) is 1. The van der Waals surface area contributed by atoms with Gasteiger partial charge in [0.15, 0.2) is 0 Å². The largest absolute Gasteiger partial charge is 0.496 e. The predicted molar refractivity (Wildman–Crippen MR) is 77.5 cm³/mol. The van der Waals surface area contributed by atoms with E-state index in [-0.39, 0.29) is 6.61 Å². The molecule has 2 rings (SSSR count). The third-order valence-electron chi connectivity index (χ3n) is 2.99. The normalized spacial score (nSPS) is 11.6. The smallest absolute Gasteiger partial charge is 0.136 e. The third-order valence-corrected chi connectivity index (χ3v) is 2.99. The summed E-state index contributed by atoms with van der Waals surface area (Å²) >= 11 is 0. The molecule has 0 spiro atoms. The van der Waals surface area contributed by atoms with Crippen molar-refractivity contribution >= 4 is 22.3 Å². The molecule has 0 atom stereocenters. The third kappa shape index (κ3) is 2.56. The number of aromatic nitrogens is 1. The van der Waals surface area contributed by atoms with Crippen molar-refractivity contribution in [2.45, 2.75) is 19.4 Å². The molecule has 0 saturated carbocycles. The lowest BCUT2D eigenvalue weighted by Crippen LogP contribution is -2.35. The summed E-state index contributed by atoms with van der Waals surface area (Å²) < 4.78 is 5.33. The molecule has 0 radical (unpaired) electrons. The van der Waals surface area contributed by atoms with Crippen LogP contribution in [0.15, 0.2) is 24.4 Å². The van der Waals surface area contributed by atoms with Gasteiger partial charge in [0.25, 0.3) is 0 Å². The van der Waals surface area contributed by atoms with Crippen LogP contribution in [0, 0.1) is 0 Å². The maximum atomic E-state index is 9.35. The standard InChI is InChI=1S/C14H19N3O2/c1-14(2,8-18)17-13-12-9(6-7-16-13)11(19-3)5-4-10(12)15/h4-7,18H,8,15H2,1-3H3,(H,16,17). The lowest BCUT2D eigenvalue weighted by molar-refractivity contribution is 0.234. The summed E-state index contributed by atoms with van der Waals surface area (Å²) in [5.41, 5.74) is 6.19. The van der Waals surface area contributed by atoms with Crippen molar-refractivity contribution in [3.05, 3.63) is 24.4 Å². The molecular formula is C14H19N3O2. The number of benzene rings is 1. The van der Waals surface area contributed by atoms with E-state index >= 15 is 0 Å². The van der Waals surface area contributed by atoms with Gasteiger partial charge in [-0.15, -0.1) is 0 Å². The lowest BCUT2D eigenvalue weighted by Gasteiger charge is -2.25. The molecule has 0 fully saturated rings. The van der Waals surface area contributed by atoms with Gasteiger partial charge in [-0.25, -0.2) is 4.98 Å². The Labute approximate surface area is 112 Å². The summed E-state index contributed by atoms with van der Waals surface area (Å²) in [5, 5.41) is 14.3. The number of nitrogens with one attached hydrogen (secondary N) is 1. The summed E-state index contributed by atoms with van der Waals surface area (Å²) in [7, 11) is 1.62. The minimum absolute atomic E-state index is 0.00502. The number of hydrogen-bond acceptors (Lipinski definition) is 5. The van der Waals surface area contributed by atoms with E-state index in [1.807, 2.05) is 26.0 Å². The molecule has 1 aromatic carbocycles. The molecule has 102 valence electrons. The Hall–Kier alpha value is -2.01. The number of ether oxygens (including phenoxy) is 1. The molecule has 0 unspecified atom stereocenters. The van der Waals surface area contributed by atoms with Gasteiger partial charge in [-0.3, -0.25) is 0 Å². The van der Waals surface area contributed by atoms with Crippen LogP contribution in [0.4, 0.5) is 11.5 Å². The summed E-state index contributed by atoms with van der Waals surface area (Å²) in [5.74, 6) is 1.39. The summed E-state index contributed by atoms with van der Waals surface area (Å²) in [6, 6.07) is 5.49. The van der Waals surface area contributed by atoms with Crippen LogP contribution < -0.4 is 15.8 Å². The van der Waals surface area contributed by atoms with Crippen LogP contribution in [0.2, 0.25) is 0 Å². The van der Waals surface area contributed by atoms with E-state index in [1.54, 1.807) is 19.4 Å². The van der Waals surface area contributed by atoms with Gasteiger partial charge in [0.05, 0.1) is 24.6 Å². The van der Waals surface area contributed by atoms with E-state index in [1.165, 1.54) is 0 Å². The number of pyridine rings is 1. The number of rotatable bonds is 4. The van der Waals surface area contributed by atoms with E-state index in [4.69, 9.17) is 10.5 Å². The maximum absolute atomic E-state index is 9.35. The van der Waals surface area contributed by atoms with Crippen molar-refractivity contribution in [3.8, 4) is 5.75 Å². The minimum atomic E-state index is -0.475. The SMILES string of the molecule is COc1ccc(N)c2c(NC(C)(C)CO)nccc12.